The van der Waals surface area contributed by atoms with Crippen molar-refractivity contribution in [3.8, 4) is 0 Å². The van der Waals surface area contributed by atoms with Crippen LogP contribution in [0.3, 0.4) is 0 Å². The van der Waals surface area contributed by atoms with Crippen molar-refractivity contribution in [2.45, 2.75) is 25.2 Å². The van der Waals surface area contributed by atoms with Gasteiger partial charge in [0.25, 0.3) is 0 Å². The van der Waals surface area contributed by atoms with E-state index in [-0.39, 0.29) is 18.1 Å². The number of esters is 1. The fraction of sp³-hybridized carbons (Fsp3) is 0.278. The summed E-state index contributed by atoms with van der Waals surface area (Å²) in [6.45, 7) is 1.42. The third-order valence-corrected chi connectivity index (χ3v) is 4.33. The minimum Gasteiger partial charge on any atom is -0.457 e. The van der Waals surface area contributed by atoms with Gasteiger partial charge in [-0.05, 0) is 24.6 Å². The third kappa shape index (κ3) is 3.24. The number of aliphatic hydroxyl groups is 2. The molecule has 5 N–H and O–H groups in total. The Kier molecular flexibility index (Phi) is 4.88. The van der Waals surface area contributed by atoms with E-state index in [0.717, 1.165) is 0 Å². The van der Waals surface area contributed by atoms with E-state index in [0.29, 0.717) is 16.8 Å². The van der Waals surface area contributed by atoms with Gasteiger partial charge in [-0.1, -0.05) is 24.3 Å². The predicted octanol–water partition coefficient (Wildman–Crippen LogP) is 0.913. The molecule has 26 heavy (non-hydrogen) atoms. The molecule has 0 fully saturated rings. The summed E-state index contributed by atoms with van der Waals surface area (Å²) in [5, 5.41) is 28.2. The fourth-order valence-corrected chi connectivity index (χ4v) is 2.90. The van der Waals surface area contributed by atoms with Gasteiger partial charge >= 0.3 is 5.97 Å². The topological polar surface area (TPSA) is 134 Å². The molecule has 1 aromatic heterocycles. The molecule has 8 nitrogen and oxygen atoms in total. The highest BCUT2D eigenvalue weighted by molar-refractivity contribution is 5.98. The van der Waals surface area contributed by atoms with Crippen LogP contribution in [0.1, 0.15) is 29.0 Å². The van der Waals surface area contributed by atoms with E-state index >= 15 is 0 Å². The summed E-state index contributed by atoms with van der Waals surface area (Å²) in [4.78, 5) is 16.1. The number of benzene rings is 1. The van der Waals surface area contributed by atoms with Crippen LogP contribution >= 0.6 is 0 Å². The van der Waals surface area contributed by atoms with E-state index in [1.807, 2.05) is 0 Å². The molecule has 0 aliphatic heterocycles. The lowest BCUT2D eigenvalue weighted by Crippen LogP contribution is -2.30. The van der Waals surface area contributed by atoms with Gasteiger partial charge in [0.15, 0.2) is 0 Å². The number of nitrogens with two attached hydrogens (primary N) is 1. The molecule has 0 bridgehead atoms. The summed E-state index contributed by atoms with van der Waals surface area (Å²) in [5.74, 6) is -0.284. The third-order valence-electron chi connectivity index (χ3n) is 4.33. The zero-order chi connectivity index (χ0) is 18.8. The zero-order valence-electron chi connectivity index (χ0n) is 14.2. The molecule has 0 radical (unpaired) electrons. The first-order valence-corrected chi connectivity index (χ1v) is 8.07. The Morgan fingerprint density at radius 2 is 2.04 bits per heavy atom. The number of anilines is 1. The number of carbonyl (C=O) groups is 1. The molecule has 3 rings (SSSR count). The maximum Gasteiger partial charge on any atom is 0.338 e. The highest BCUT2D eigenvalue weighted by atomic mass is 16.5. The molecule has 0 spiro atoms. The lowest BCUT2D eigenvalue weighted by atomic mass is 10.1. The number of aliphatic hydroxyl groups excluding tert-OH is 2. The monoisotopic (exact) mass is 356 g/mol. The summed E-state index contributed by atoms with van der Waals surface area (Å²) in [5.41, 5.74) is 7.30. The molecular weight excluding hydrogens is 336 g/mol. The Morgan fingerprint density at radius 3 is 2.65 bits per heavy atom. The molecule has 3 atom stereocenters. The van der Waals surface area contributed by atoms with Crippen LogP contribution in [0, 0.1) is 5.41 Å². The van der Waals surface area contributed by atoms with Crippen molar-refractivity contribution in [3.63, 3.8) is 0 Å². The van der Waals surface area contributed by atoms with Crippen molar-refractivity contribution in [3.05, 3.63) is 59.6 Å². The first-order chi connectivity index (χ1) is 12.4. The summed E-state index contributed by atoms with van der Waals surface area (Å²) in [7, 11) is 0. The van der Waals surface area contributed by atoms with E-state index < -0.39 is 24.2 Å². The summed E-state index contributed by atoms with van der Waals surface area (Å²) in [6, 6.07) is 7.85. The normalized spacial score (nSPS) is 22.1. The number of hydrogen-bond donors (Lipinski definition) is 4. The quantitative estimate of drug-likeness (QED) is 0.357. The standard InChI is InChI=1S/C18H20N4O4/c1-10(19)14-17(20)22(9-21-14)13-7-12(15(23)16(13)24)8-26-18(25)11-5-3-2-4-6-11/h2-7,9,13,15-16,19,23-24H,8,20H2,1H3. The number of aromatic nitrogens is 2. The molecule has 2 aromatic rings. The molecule has 8 heteroatoms. The van der Waals surface area contributed by atoms with Gasteiger partial charge in [-0.15, -0.1) is 0 Å². The lowest BCUT2D eigenvalue weighted by Gasteiger charge is -2.19. The van der Waals surface area contributed by atoms with Crippen molar-refractivity contribution in [2.75, 3.05) is 12.3 Å². The maximum absolute atomic E-state index is 12.0. The van der Waals surface area contributed by atoms with Crippen molar-refractivity contribution in [1.29, 1.82) is 5.41 Å². The minimum atomic E-state index is -1.19. The molecule has 1 aliphatic rings. The highest BCUT2D eigenvalue weighted by Crippen LogP contribution is 2.32. The van der Waals surface area contributed by atoms with Gasteiger partial charge in [0.1, 0.15) is 30.3 Å². The smallest absolute Gasteiger partial charge is 0.338 e. The number of ether oxygens (including phenoxy) is 1. The SMILES string of the molecule is CC(=N)c1ncn(C2C=C(COC(=O)c3ccccc3)C(O)C2O)c1N. The van der Waals surface area contributed by atoms with E-state index in [1.54, 1.807) is 43.3 Å². The molecule has 3 unspecified atom stereocenters. The van der Waals surface area contributed by atoms with Gasteiger partial charge in [-0.25, -0.2) is 9.78 Å². The fourth-order valence-electron chi connectivity index (χ4n) is 2.90. The summed E-state index contributed by atoms with van der Waals surface area (Å²) < 4.78 is 6.71. The van der Waals surface area contributed by atoms with Gasteiger partial charge in [0.2, 0.25) is 0 Å². The van der Waals surface area contributed by atoms with Crippen LogP contribution < -0.4 is 5.73 Å². The maximum atomic E-state index is 12.0. The number of nitrogens with one attached hydrogen (secondary N) is 1. The van der Waals surface area contributed by atoms with E-state index in [2.05, 4.69) is 4.98 Å². The van der Waals surface area contributed by atoms with E-state index in [4.69, 9.17) is 15.9 Å². The van der Waals surface area contributed by atoms with Crippen LogP contribution in [0.4, 0.5) is 5.82 Å². The number of imidazole rings is 1. The number of nitrogens with zero attached hydrogens (tertiary/aromatic N) is 2. The van der Waals surface area contributed by atoms with Gasteiger partial charge < -0.3 is 30.7 Å². The minimum absolute atomic E-state index is 0.145. The Bertz CT molecular complexity index is 859. The Hall–Kier alpha value is -2.97. The van der Waals surface area contributed by atoms with Crippen molar-refractivity contribution >= 4 is 17.5 Å². The van der Waals surface area contributed by atoms with Crippen molar-refractivity contribution in [1.82, 2.24) is 9.55 Å². The molecule has 0 amide bonds. The molecule has 0 saturated carbocycles. The largest absolute Gasteiger partial charge is 0.457 e. The van der Waals surface area contributed by atoms with Gasteiger partial charge in [0.05, 0.1) is 23.6 Å². The highest BCUT2D eigenvalue weighted by Gasteiger charge is 2.37. The van der Waals surface area contributed by atoms with Gasteiger partial charge in [-0.3, -0.25) is 0 Å². The molecule has 1 aromatic carbocycles. The second-order valence-electron chi connectivity index (χ2n) is 6.12. The van der Waals surface area contributed by atoms with Crippen LogP contribution in [0.5, 0.6) is 0 Å². The molecular formula is C18H20N4O4. The van der Waals surface area contributed by atoms with E-state index in [9.17, 15) is 15.0 Å². The number of carbonyl (C=O) groups excluding carboxylic acids is 1. The summed E-state index contributed by atoms with van der Waals surface area (Å²) in [6.07, 6.45) is 0.679. The van der Waals surface area contributed by atoms with Gasteiger partial charge in [0, 0.05) is 0 Å². The molecule has 1 aliphatic carbocycles. The van der Waals surface area contributed by atoms with Crippen LogP contribution in [0.25, 0.3) is 0 Å². The first kappa shape index (κ1) is 17.8. The van der Waals surface area contributed by atoms with Crippen molar-refractivity contribution < 1.29 is 19.7 Å². The van der Waals surface area contributed by atoms with Crippen LogP contribution in [0.15, 0.2) is 48.3 Å². The van der Waals surface area contributed by atoms with Crippen LogP contribution in [-0.4, -0.2) is 50.3 Å². The van der Waals surface area contributed by atoms with Gasteiger partial charge in [-0.2, -0.15) is 0 Å². The second-order valence-corrected chi connectivity index (χ2v) is 6.12. The number of hydrogen-bond acceptors (Lipinski definition) is 7. The Balaban J connectivity index is 1.75. The lowest BCUT2D eigenvalue weighted by molar-refractivity contribution is 0.0233. The number of rotatable bonds is 5. The Labute approximate surface area is 150 Å². The summed E-state index contributed by atoms with van der Waals surface area (Å²) >= 11 is 0. The van der Waals surface area contributed by atoms with Crippen LogP contribution in [0.2, 0.25) is 0 Å². The number of nitrogen functional groups attached to an aromatic ring is 1. The van der Waals surface area contributed by atoms with Crippen LogP contribution in [-0.2, 0) is 4.74 Å². The average molecular weight is 356 g/mol. The predicted molar refractivity (Wildman–Crippen MR) is 95.0 cm³/mol. The second kappa shape index (κ2) is 7.11. The van der Waals surface area contributed by atoms with E-state index in [1.165, 1.54) is 10.9 Å². The molecule has 136 valence electrons. The molecule has 1 heterocycles. The average Bonchev–Trinajstić information content (AvgIpc) is 3.14. The first-order valence-electron chi connectivity index (χ1n) is 8.07. The zero-order valence-corrected chi connectivity index (χ0v) is 14.2. The molecule has 0 saturated heterocycles. The van der Waals surface area contributed by atoms with Crippen molar-refractivity contribution in [2.24, 2.45) is 0 Å². The Morgan fingerprint density at radius 1 is 1.35 bits per heavy atom.